The van der Waals surface area contributed by atoms with Crippen molar-refractivity contribution in [2.75, 3.05) is 10.6 Å². The molecule has 0 heterocycles. The second-order valence-corrected chi connectivity index (χ2v) is 8.88. The number of nitrogens with zero attached hydrogens (tertiary/aromatic N) is 1. The summed E-state index contributed by atoms with van der Waals surface area (Å²) in [6.45, 7) is 7.47. The van der Waals surface area contributed by atoms with Crippen molar-refractivity contribution in [2.24, 2.45) is 0 Å². The van der Waals surface area contributed by atoms with E-state index in [0.29, 0.717) is 0 Å². The van der Waals surface area contributed by atoms with Crippen LogP contribution >= 0.6 is 0 Å². The number of hydrogen-bond acceptors (Lipinski definition) is 3. The number of carbonyl (C=O) groups excluding carboxylic acids is 1. The number of nitrogens with one attached hydrogen (secondary N) is 1. The van der Waals surface area contributed by atoms with Gasteiger partial charge in [-0.1, -0.05) is 42.8 Å². The molecule has 2 aromatic rings. The van der Waals surface area contributed by atoms with Crippen molar-refractivity contribution in [2.45, 2.75) is 46.2 Å². The van der Waals surface area contributed by atoms with Gasteiger partial charge in [-0.2, -0.15) is 0 Å². The lowest BCUT2D eigenvalue weighted by Gasteiger charge is -2.31. The van der Waals surface area contributed by atoms with Gasteiger partial charge in [0.2, 0.25) is 15.9 Å². The largest absolute Gasteiger partial charge is 0.348 e. The molecule has 0 fully saturated rings. The van der Waals surface area contributed by atoms with Crippen molar-refractivity contribution in [1.82, 2.24) is 5.32 Å². The first-order valence-corrected chi connectivity index (χ1v) is 11.0. The molecule has 0 saturated heterocycles. The molecule has 0 aliphatic carbocycles. The highest BCUT2D eigenvalue weighted by atomic mass is 32.2. The zero-order valence-corrected chi connectivity index (χ0v) is 17.7. The molecule has 2 atom stereocenters. The van der Waals surface area contributed by atoms with Gasteiger partial charge in [-0.3, -0.25) is 9.10 Å². The molecule has 0 bridgehead atoms. The maximum absolute atomic E-state index is 14.3. The Morgan fingerprint density at radius 3 is 2.39 bits per heavy atom. The molecule has 1 N–H and O–H groups in total. The summed E-state index contributed by atoms with van der Waals surface area (Å²) in [5.41, 5.74) is 2.92. The number of para-hydroxylation sites is 1. The summed E-state index contributed by atoms with van der Waals surface area (Å²) >= 11 is 0. The number of benzene rings is 2. The van der Waals surface area contributed by atoms with E-state index in [1.54, 1.807) is 13.0 Å². The molecule has 0 aliphatic heterocycles. The van der Waals surface area contributed by atoms with Gasteiger partial charge in [-0.25, -0.2) is 12.8 Å². The van der Waals surface area contributed by atoms with Crippen LogP contribution in [0.1, 0.15) is 43.0 Å². The predicted molar refractivity (Wildman–Crippen MR) is 110 cm³/mol. The van der Waals surface area contributed by atoms with Crippen LogP contribution in [-0.2, 0) is 14.8 Å². The predicted octanol–water partition coefficient (Wildman–Crippen LogP) is 3.86. The van der Waals surface area contributed by atoms with Gasteiger partial charge in [0, 0.05) is 0 Å². The molecule has 2 aromatic carbocycles. The zero-order valence-electron chi connectivity index (χ0n) is 16.9. The Morgan fingerprint density at radius 2 is 1.82 bits per heavy atom. The van der Waals surface area contributed by atoms with Crippen LogP contribution in [0.25, 0.3) is 0 Å². The van der Waals surface area contributed by atoms with Crippen LogP contribution in [0.3, 0.4) is 0 Å². The van der Waals surface area contributed by atoms with Crippen LogP contribution in [0.2, 0.25) is 0 Å². The van der Waals surface area contributed by atoms with Gasteiger partial charge in [0.05, 0.1) is 18.0 Å². The third-order valence-corrected chi connectivity index (χ3v) is 5.85. The summed E-state index contributed by atoms with van der Waals surface area (Å²) in [6, 6.07) is 10.1. The Morgan fingerprint density at radius 1 is 1.18 bits per heavy atom. The van der Waals surface area contributed by atoms with Gasteiger partial charge in [-0.15, -0.1) is 0 Å². The van der Waals surface area contributed by atoms with Gasteiger partial charge in [0.1, 0.15) is 11.9 Å². The Hall–Kier alpha value is -2.41. The SMILES string of the molecule is CC[C@@H](C(=O)N[C@H](C)c1cc(C)ccc1C)N(c1ccccc1F)S(C)(=O)=O. The topological polar surface area (TPSA) is 66.5 Å². The van der Waals surface area contributed by atoms with Crippen LogP contribution in [-0.4, -0.2) is 26.6 Å². The number of hydrogen-bond donors (Lipinski definition) is 1. The first-order valence-electron chi connectivity index (χ1n) is 9.17. The minimum Gasteiger partial charge on any atom is -0.348 e. The number of amides is 1. The molecule has 0 spiro atoms. The second kappa shape index (κ2) is 8.73. The molecule has 0 aromatic heterocycles. The molecule has 5 nitrogen and oxygen atoms in total. The maximum Gasteiger partial charge on any atom is 0.244 e. The highest BCUT2D eigenvalue weighted by Crippen LogP contribution is 2.26. The lowest BCUT2D eigenvalue weighted by Crippen LogP contribution is -2.50. The molecule has 0 aliphatic rings. The van der Waals surface area contributed by atoms with Crippen molar-refractivity contribution < 1.29 is 17.6 Å². The number of aryl methyl sites for hydroxylation is 2. The monoisotopic (exact) mass is 406 g/mol. The van der Waals surface area contributed by atoms with Crippen molar-refractivity contribution in [3.8, 4) is 0 Å². The van der Waals surface area contributed by atoms with E-state index < -0.39 is 27.8 Å². The van der Waals surface area contributed by atoms with Gasteiger partial charge in [0.25, 0.3) is 0 Å². The molecule has 2 rings (SSSR count). The van der Waals surface area contributed by atoms with E-state index in [-0.39, 0.29) is 18.2 Å². The molecule has 152 valence electrons. The number of carbonyl (C=O) groups is 1. The quantitative estimate of drug-likeness (QED) is 0.759. The van der Waals surface area contributed by atoms with E-state index in [1.807, 2.05) is 39.0 Å². The van der Waals surface area contributed by atoms with Crippen molar-refractivity contribution in [1.29, 1.82) is 0 Å². The van der Waals surface area contributed by atoms with Crippen LogP contribution in [0, 0.1) is 19.7 Å². The van der Waals surface area contributed by atoms with E-state index >= 15 is 0 Å². The normalized spacial score (nSPS) is 13.6. The van der Waals surface area contributed by atoms with E-state index in [9.17, 15) is 17.6 Å². The third-order valence-electron chi connectivity index (χ3n) is 4.68. The van der Waals surface area contributed by atoms with Crippen molar-refractivity contribution in [3.05, 3.63) is 65.0 Å². The van der Waals surface area contributed by atoms with Crippen LogP contribution in [0.5, 0.6) is 0 Å². The summed E-state index contributed by atoms with van der Waals surface area (Å²) in [5.74, 6) is -1.16. The van der Waals surface area contributed by atoms with Gasteiger partial charge >= 0.3 is 0 Å². The summed E-state index contributed by atoms with van der Waals surface area (Å²) in [7, 11) is -3.88. The molecular formula is C21H27FN2O3S. The maximum atomic E-state index is 14.3. The lowest BCUT2D eigenvalue weighted by molar-refractivity contribution is -0.122. The molecule has 28 heavy (non-hydrogen) atoms. The minimum atomic E-state index is -3.88. The van der Waals surface area contributed by atoms with Crippen molar-refractivity contribution >= 4 is 21.6 Å². The fraction of sp³-hybridized carbons (Fsp3) is 0.381. The Labute approximate surface area is 166 Å². The lowest BCUT2D eigenvalue weighted by atomic mass is 9.99. The summed E-state index contributed by atoms with van der Waals surface area (Å²) in [4.78, 5) is 13.0. The van der Waals surface area contributed by atoms with Crippen molar-refractivity contribution in [3.63, 3.8) is 0 Å². The molecule has 0 saturated carbocycles. The molecular weight excluding hydrogens is 379 g/mol. The highest BCUT2D eigenvalue weighted by molar-refractivity contribution is 7.92. The number of halogens is 1. The Kier molecular flexibility index (Phi) is 6.82. The first-order chi connectivity index (χ1) is 13.1. The summed E-state index contributed by atoms with van der Waals surface area (Å²) < 4.78 is 40.0. The fourth-order valence-corrected chi connectivity index (χ4v) is 4.49. The Bertz CT molecular complexity index is 960. The van der Waals surface area contributed by atoms with Crippen LogP contribution in [0.15, 0.2) is 42.5 Å². The van der Waals surface area contributed by atoms with Crippen LogP contribution in [0.4, 0.5) is 10.1 Å². The van der Waals surface area contributed by atoms with E-state index in [1.165, 1.54) is 18.2 Å². The first kappa shape index (κ1) is 21.9. The average molecular weight is 407 g/mol. The minimum absolute atomic E-state index is 0.133. The second-order valence-electron chi connectivity index (χ2n) is 7.02. The zero-order chi connectivity index (χ0) is 21.1. The summed E-state index contributed by atoms with van der Waals surface area (Å²) in [6.07, 6.45) is 1.18. The standard InChI is InChI=1S/C21H27FN2O3S/c1-6-19(24(28(5,26)27)20-10-8-7-9-18(20)22)21(25)23-16(4)17-13-14(2)11-12-15(17)3/h7-13,16,19H,6H2,1-5H3,(H,23,25)/t16-,19+/m1/s1. The van der Waals surface area contributed by atoms with Gasteiger partial charge < -0.3 is 5.32 Å². The Balaban J connectivity index is 2.37. The molecule has 7 heteroatoms. The van der Waals surface area contributed by atoms with E-state index in [0.717, 1.165) is 27.3 Å². The number of sulfonamides is 1. The van der Waals surface area contributed by atoms with E-state index in [4.69, 9.17) is 0 Å². The molecule has 0 radical (unpaired) electrons. The number of rotatable bonds is 7. The van der Waals surface area contributed by atoms with E-state index in [2.05, 4.69) is 5.32 Å². The molecule has 1 amide bonds. The average Bonchev–Trinajstić information content (AvgIpc) is 2.61. The smallest absolute Gasteiger partial charge is 0.244 e. The van der Waals surface area contributed by atoms with Gasteiger partial charge in [-0.05, 0) is 50.5 Å². The molecule has 0 unspecified atom stereocenters. The van der Waals surface area contributed by atoms with Crippen LogP contribution < -0.4 is 9.62 Å². The summed E-state index contributed by atoms with van der Waals surface area (Å²) in [5, 5.41) is 2.89. The highest BCUT2D eigenvalue weighted by Gasteiger charge is 2.33. The number of anilines is 1. The fourth-order valence-electron chi connectivity index (χ4n) is 3.28. The van der Waals surface area contributed by atoms with Gasteiger partial charge in [0.15, 0.2) is 0 Å². The third kappa shape index (κ3) is 4.90.